The van der Waals surface area contributed by atoms with Crippen LogP contribution in [0.3, 0.4) is 0 Å². The van der Waals surface area contributed by atoms with E-state index in [0.717, 1.165) is 0 Å². The highest BCUT2D eigenvalue weighted by molar-refractivity contribution is 7.91. The number of rotatable bonds is 6. The predicted molar refractivity (Wildman–Crippen MR) is 106 cm³/mol. The second kappa shape index (κ2) is 8.32. The number of fused-ring (bicyclic) bond motifs is 1. The standard InChI is InChI=1S/C19H23N3O6S/c1-3-21(13-9-10-29(26,27)12-13)16(23)11-28-19(25)17-14-7-5-6-8-15(14)18(24)22(4-2)20-17/h5-8,13H,3-4,9-12H2,1-2H3. The third kappa shape index (κ3) is 4.31. The van der Waals surface area contributed by atoms with Gasteiger partial charge in [0.05, 0.1) is 16.9 Å². The van der Waals surface area contributed by atoms with Crippen LogP contribution in [0.2, 0.25) is 0 Å². The Kier molecular flexibility index (Phi) is 6.02. The van der Waals surface area contributed by atoms with Crippen LogP contribution in [0.5, 0.6) is 0 Å². The molecule has 1 fully saturated rings. The Morgan fingerprint density at radius 1 is 1.24 bits per heavy atom. The number of hydrogen-bond acceptors (Lipinski definition) is 7. The van der Waals surface area contributed by atoms with Gasteiger partial charge in [0, 0.05) is 24.5 Å². The molecule has 1 atom stereocenters. The van der Waals surface area contributed by atoms with Gasteiger partial charge in [0.25, 0.3) is 11.5 Å². The minimum Gasteiger partial charge on any atom is -0.451 e. The summed E-state index contributed by atoms with van der Waals surface area (Å²) in [6.45, 7) is 3.55. The Morgan fingerprint density at radius 2 is 1.93 bits per heavy atom. The van der Waals surface area contributed by atoms with Gasteiger partial charge in [-0.2, -0.15) is 5.10 Å². The molecule has 0 spiro atoms. The fourth-order valence-corrected chi connectivity index (χ4v) is 5.27. The molecule has 0 N–H and O–H groups in total. The van der Waals surface area contributed by atoms with E-state index in [-0.39, 0.29) is 29.3 Å². The molecule has 9 nitrogen and oxygen atoms in total. The number of esters is 1. The number of carbonyl (C=O) groups is 2. The Morgan fingerprint density at radius 3 is 2.52 bits per heavy atom. The molecule has 0 saturated carbocycles. The summed E-state index contributed by atoms with van der Waals surface area (Å²) < 4.78 is 29.7. The molecule has 0 bridgehead atoms. The number of ether oxygens (including phenoxy) is 1. The van der Waals surface area contributed by atoms with Gasteiger partial charge >= 0.3 is 5.97 Å². The molecule has 1 amide bonds. The Balaban J connectivity index is 1.78. The summed E-state index contributed by atoms with van der Waals surface area (Å²) >= 11 is 0. The number of nitrogens with zero attached hydrogens (tertiary/aromatic N) is 3. The summed E-state index contributed by atoms with van der Waals surface area (Å²) in [5.41, 5.74) is -0.350. The highest BCUT2D eigenvalue weighted by Crippen LogP contribution is 2.18. The number of sulfone groups is 1. The lowest BCUT2D eigenvalue weighted by atomic mass is 10.1. The van der Waals surface area contributed by atoms with Crippen LogP contribution in [-0.4, -0.2) is 65.7 Å². The van der Waals surface area contributed by atoms with Crippen molar-refractivity contribution in [2.24, 2.45) is 0 Å². The van der Waals surface area contributed by atoms with Crippen molar-refractivity contribution in [1.29, 1.82) is 0 Å². The lowest BCUT2D eigenvalue weighted by Gasteiger charge is -2.26. The van der Waals surface area contributed by atoms with Gasteiger partial charge in [-0.05, 0) is 26.3 Å². The Hall–Kier alpha value is -2.75. The van der Waals surface area contributed by atoms with E-state index in [2.05, 4.69) is 5.10 Å². The van der Waals surface area contributed by atoms with E-state index in [9.17, 15) is 22.8 Å². The van der Waals surface area contributed by atoms with E-state index >= 15 is 0 Å². The van der Waals surface area contributed by atoms with Crippen molar-refractivity contribution < 1.29 is 22.7 Å². The maximum atomic E-state index is 12.6. The van der Waals surface area contributed by atoms with Gasteiger partial charge in [-0.15, -0.1) is 0 Å². The monoisotopic (exact) mass is 421 g/mol. The van der Waals surface area contributed by atoms with E-state index in [1.54, 1.807) is 38.1 Å². The van der Waals surface area contributed by atoms with Crippen molar-refractivity contribution in [3.05, 3.63) is 40.3 Å². The molecule has 10 heteroatoms. The van der Waals surface area contributed by atoms with Gasteiger partial charge in [-0.3, -0.25) is 9.59 Å². The van der Waals surface area contributed by atoms with Crippen LogP contribution in [0, 0.1) is 0 Å². The topological polar surface area (TPSA) is 116 Å². The van der Waals surface area contributed by atoms with Crippen molar-refractivity contribution >= 4 is 32.5 Å². The van der Waals surface area contributed by atoms with Gasteiger partial charge in [0.1, 0.15) is 0 Å². The average Bonchev–Trinajstić information content (AvgIpc) is 3.06. The zero-order chi connectivity index (χ0) is 21.2. The molecule has 156 valence electrons. The molecule has 1 aliphatic rings. The first-order valence-electron chi connectivity index (χ1n) is 9.44. The number of hydrogen-bond donors (Lipinski definition) is 0. The second-order valence-electron chi connectivity index (χ2n) is 6.83. The molecular weight excluding hydrogens is 398 g/mol. The number of benzene rings is 1. The smallest absolute Gasteiger partial charge is 0.359 e. The molecule has 2 aromatic rings. The summed E-state index contributed by atoms with van der Waals surface area (Å²) in [4.78, 5) is 38.9. The maximum absolute atomic E-state index is 12.6. The van der Waals surface area contributed by atoms with Gasteiger partial charge < -0.3 is 9.64 Å². The lowest BCUT2D eigenvalue weighted by molar-refractivity contribution is -0.136. The second-order valence-corrected chi connectivity index (χ2v) is 9.06. The first kappa shape index (κ1) is 21.0. The van der Waals surface area contributed by atoms with Crippen LogP contribution >= 0.6 is 0 Å². The van der Waals surface area contributed by atoms with Gasteiger partial charge in [0.15, 0.2) is 22.1 Å². The van der Waals surface area contributed by atoms with Crippen LogP contribution in [0.15, 0.2) is 29.1 Å². The summed E-state index contributed by atoms with van der Waals surface area (Å²) in [5, 5.41) is 4.78. The summed E-state index contributed by atoms with van der Waals surface area (Å²) in [6, 6.07) is 6.17. The lowest BCUT2D eigenvalue weighted by Crippen LogP contribution is -2.43. The van der Waals surface area contributed by atoms with E-state index < -0.39 is 34.4 Å². The van der Waals surface area contributed by atoms with Crippen molar-refractivity contribution in [2.45, 2.75) is 32.9 Å². The fourth-order valence-electron chi connectivity index (χ4n) is 3.54. The van der Waals surface area contributed by atoms with Crippen molar-refractivity contribution in [1.82, 2.24) is 14.7 Å². The number of amides is 1. The highest BCUT2D eigenvalue weighted by Gasteiger charge is 2.34. The number of carbonyl (C=O) groups excluding carboxylic acids is 2. The highest BCUT2D eigenvalue weighted by atomic mass is 32.2. The molecule has 1 aromatic heterocycles. The van der Waals surface area contributed by atoms with Crippen LogP contribution < -0.4 is 5.56 Å². The third-order valence-electron chi connectivity index (χ3n) is 5.00. The molecule has 1 aromatic carbocycles. The third-order valence-corrected chi connectivity index (χ3v) is 6.75. The normalized spacial score (nSPS) is 17.9. The minimum absolute atomic E-state index is 0.0404. The molecule has 1 aliphatic heterocycles. The Labute approximate surface area is 168 Å². The first-order valence-corrected chi connectivity index (χ1v) is 11.3. The van der Waals surface area contributed by atoms with Gasteiger partial charge in [-0.25, -0.2) is 17.9 Å². The molecule has 29 heavy (non-hydrogen) atoms. The van der Waals surface area contributed by atoms with Crippen molar-refractivity contribution in [3.63, 3.8) is 0 Å². The predicted octanol–water partition coefficient (Wildman–Crippen LogP) is 0.609. The van der Waals surface area contributed by atoms with E-state index in [4.69, 9.17) is 4.74 Å². The molecule has 0 radical (unpaired) electrons. The molecule has 1 saturated heterocycles. The molecule has 1 unspecified atom stereocenters. The van der Waals surface area contributed by atoms with E-state index in [1.807, 2.05) is 0 Å². The van der Waals surface area contributed by atoms with E-state index in [0.29, 0.717) is 23.7 Å². The quantitative estimate of drug-likeness (QED) is 0.628. The number of likely N-dealkylation sites (N-methyl/N-ethyl adjacent to an activating group) is 1. The van der Waals surface area contributed by atoms with E-state index in [1.165, 1.54) is 9.58 Å². The SMILES string of the molecule is CCN(C(=O)COC(=O)c1nn(CC)c(=O)c2ccccc12)C1CCS(=O)(=O)C1. The summed E-state index contributed by atoms with van der Waals surface area (Å²) in [5.74, 6) is -1.30. The van der Waals surface area contributed by atoms with Crippen LogP contribution in [0.25, 0.3) is 10.8 Å². The maximum Gasteiger partial charge on any atom is 0.359 e. The minimum atomic E-state index is -3.14. The van der Waals surface area contributed by atoms with Gasteiger partial charge in [0.2, 0.25) is 0 Å². The van der Waals surface area contributed by atoms with Crippen molar-refractivity contribution in [3.8, 4) is 0 Å². The molecule has 3 rings (SSSR count). The number of aromatic nitrogens is 2. The molecule has 0 aliphatic carbocycles. The van der Waals surface area contributed by atoms with Gasteiger partial charge in [-0.1, -0.05) is 18.2 Å². The average molecular weight is 421 g/mol. The molecular formula is C19H23N3O6S. The zero-order valence-electron chi connectivity index (χ0n) is 16.3. The van der Waals surface area contributed by atoms with Crippen LogP contribution in [0.1, 0.15) is 30.8 Å². The summed E-state index contributed by atoms with van der Waals surface area (Å²) in [6.07, 6.45) is 0.378. The number of aryl methyl sites for hydroxylation is 1. The van der Waals surface area contributed by atoms with Crippen LogP contribution in [0.4, 0.5) is 0 Å². The fraction of sp³-hybridized carbons (Fsp3) is 0.474. The van der Waals surface area contributed by atoms with Crippen LogP contribution in [-0.2, 0) is 25.9 Å². The summed E-state index contributed by atoms with van der Waals surface area (Å²) in [7, 11) is -3.14. The zero-order valence-corrected chi connectivity index (χ0v) is 17.1. The Bertz CT molecular complexity index is 1110. The largest absolute Gasteiger partial charge is 0.451 e. The van der Waals surface area contributed by atoms with Crippen molar-refractivity contribution in [2.75, 3.05) is 24.7 Å². The first-order chi connectivity index (χ1) is 13.8. The molecule has 2 heterocycles.